The third-order valence-electron chi connectivity index (χ3n) is 2.72. The Kier molecular flexibility index (Phi) is 3.06. The van der Waals surface area contributed by atoms with Crippen LogP contribution in [0.3, 0.4) is 0 Å². The number of benzene rings is 1. The van der Waals surface area contributed by atoms with Crippen LogP contribution in [-0.4, -0.2) is 9.97 Å². The lowest BCUT2D eigenvalue weighted by atomic mass is 10.2. The number of rotatable bonds is 1. The van der Waals surface area contributed by atoms with Crippen molar-refractivity contribution < 1.29 is 0 Å². The van der Waals surface area contributed by atoms with E-state index in [9.17, 15) is 0 Å². The van der Waals surface area contributed by atoms with Crippen LogP contribution in [0.4, 0.5) is 0 Å². The van der Waals surface area contributed by atoms with E-state index in [1.165, 1.54) is 11.3 Å². The van der Waals surface area contributed by atoms with Crippen LogP contribution in [0.25, 0.3) is 11.4 Å². The predicted octanol–water partition coefficient (Wildman–Crippen LogP) is 4.32. The lowest BCUT2D eigenvalue weighted by Crippen LogP contribution is -1.97. The minimum Gasteiger partial charge on any atom is -0.342 e. The number of H-pyrrole nitrogens is 1. The van der Waals surface area contributed by atoms with E-state index in [1.807, 2.05) is 36.0 Å². The highest BCUT2D eigenvalue weighted by atomic mass is 79.9. The Morgan fingerprint density at radius 1 is 1.24 bits per heavy atom. The molecule has 0 spiro atoms. The Morgan fingerprint density at radius 3 is 2.76 bits per heavy atom. The highest BCUT2D eigenvalue weighted by Gasteiger charge is 2.15. The van der Waals surface area contributed by atoms with Gasteiger partial charge in [-0.15, -0.1) is 0 Å². The van der Waals surface area contributed by atoms with Crippen LogP contribution in [0.2, 0.25) is 0 Å². The standard InChI is InChI=1S/C12H9BrN2S2/c13-8-3-1-7(2-4-8)11-14-10-6-17-5-9(10)12(16)15-11/h1-4H,5-6H2,(H,14,15,16). The van der Waals surface area contributed by atoms with Gasteiger partial charge in [0.05, 0.1) is 0 Å². The zero-order valence-corrected chi connectivity index (χ0v) is 12.1. The average Bonchev–Trinajstić information content (AvgIpc) is 2.78. The van der Waals surface area contributed by atoms with Gasteiger partial charge in [-0.2, -0.15) is 11.8 Å². The highest BCUT2D eigenvalue weighted by molar-refractivity contribution is 9.10. The van der Waals surface area contributed by atoms with Gasteiger partial charge in [-0.1, -0.05) is 40.3 Å². The molecule has 0 saturated carbocycles. The maximum absolute atomic E-state index is 5.34. The molecule has 0 fully saturated rings. The van der Waals surface area contributed by atoms with Crippen LogP contribution in [0.1, 0.15) is 11.3 Å². The predicted molar refractivity (Wildman–Crippen MR) is 77.6 cm³/mol. The summed E-state index contributed by atoms with van der Waals surface area (Å²) in [5, 5.41) is 0. The molecule has 2 aromatic rings. The molecule has 1 aliphatic heterocycles. The van der Waals surface area contributed by atoms with E-state index in [0.717, 1.165) is 32.0 Å². The van der Waals surface area contributed by atoms with Gasteiger partial charge >= 0.3 is 0 Å². The number of nitrogens with one attached hydrogen (secondary N) is 1. The molecular formula is C12H9BrN2S2. The van der Waals surface area contributed by atoms with Crippen LogP contribution in [0.5, 0.6) is 0 Å². The molecule has 17 heavy (non-hydrogen) atoms. The minimum absolute atomic E-state index is 0.738. The number of hydrogen-bond acceptors (Lipinski definition) is 3. The first-order valence-electron chi connectivity index (χ1n) is 5.20. The summed E-state index contributed by atoms with van der Waals surface area (Å²) in [6, 6.07) is 8.09. The molecule has 0 amide bonds. The summed E-state index contributed by atoms with van der Waals surface area (Å²) in [7, 11) is 0. The zero-order chi connectivity index (χ0) is 11.8. The van der Waals surface area contributed by atoms with Gasteiger partial charge in [-0.3, -0.25) is 0 Å². The zero-order valence-electron chi connectivity index (χ0n) is 8.87. The third-order valence-corrected chi connectivity index (χ3v) is 4.57. The van der Waals surface area contributed by atoms with Crippen molar-refractivity contribution in [3.8, 4) is 11.4 Å². The second-order valence-electron chi connectivity index (χ2n) is 3.85. The van der Waals surface area contributed by atoms with Crippen molar-refractivity contribution in [3.63, 3.8) is 0 Å². The number of thioether (sulfide) groups is 1. The van der Waals surface area contributed by atoms with Crippen LogP contribution in [0.15, 0.2) is 28.7 Å². The summed E-state index contributed by atoms with van der Waals surface area (Å²) >= 11 is 10.6. The molecule has 3 rings (SSSR count). The van der Waals surface area contributed by atoms with E-state index in [0.29, 0.717) is 0 Å². The van der Waals surface area contributed by atoms with E-state index < -0.39 is 0 Å². The maximum Gasteiger partial charge on any atom is 0.139 e. The van der Waals surface area contributed by atoms with Crippen LogP contribution in [-0.2, 0) is 11.5 Å². The van der Waals surface area contributed by atoms with E-state index in [2.05, 4.69) is 25.9 Å². The first-order chi connectivity index (χ1) is 8.24. The van der Waals surface area contributed by atoms with Gasteiger partial charge in [-0.25, -0.2) is 4.98 Å². The van der Waals surface area contributed by atoms with E-state index in [1.54, 1.807) is 0 Å². The second-order valence-corrected chi connectivity index (χ2v) is 6.14. The number of nitrogens with zero attached hydrogens (tertiary/aromatic N) is 1. The number of aromatic amines is 1. The van der Waals surface area contributed by atoms with Gasteiger partial charge < -0.3 is 4.98 Å². The van der Waals surface area contributed by atoms with Gasteiger partial charge in [0, 0.05) is 32.8 Å². The van der Waals surface area contributed by atoms with E-state index in [-0.39, 0.29) is 0 Å². The molecule has 1 N–H and O–H groups in total. The Morgan fingerprint density at radius 2 is 2.00 bits per heavy atom. The number of halogens is 1. The third kappa shape index (κ3) is 2.19. The molecule has 86 valence electrons. The van der Waals surface area contributed by atoms with Crippen molar-refractivity contribution in [2.45, 2.75) is 11.5 Å². The number of aromatic nitrogens is 2. The van der Waals surface area contributed by atoms with Crippen molar-refractivity contribution in [3.05, 3.63) is 44.6 Å². The van der Waals surface area contributed by atoms with Crippen LogP contribution >= 0.6 is 39.9 Å². The first-order valence-corrected chi connectivity index (χ1v) is 7.55. The normalized spacial score (nSPS) is 13.7. The number of fused-ring (bicyclic) bond motifs is 1. The fraction of sp³-hybridized carbons (Fsp3) is 0.167. The van der Waals surface area contributed by atoms with E-state index in [4.69, 9.17) is 12.2 Å². The van der Waals surface area contributed by atoms with Gasteiger partial charge in [-0.05, 0) is 12.1 Å². The van der Waals surface area contributed by atoms with Crippen molar-refractivity contribution in [1.29, 1.82) is 0 Å². The Labute approximate surface area is 117 Å². The van der Waals surface area contributed by atoms with Crippen molar-refractivity contribution in [1.82, 2.24) is 9.97 Å². The van der Waals surface area contributed by atoms with Crippen LogP contribution in [0, 0.1) is 4.64 Å². The van der Waals surface area contributed by atoms with Gasteiger partial charge in [0.15, 0.2) is 0 Å². The largest absolute Gasteiger partial charge is 0.342 e. The second kappa shape index (κ2) is 4.55. The Hall–Kier alpha value is -0.650. The molecule has 0 atom stereocenters. The summed E-state index contributed by atoms with van der Waals surface area (Å²) in [6.07, 6.45) is 0. The van der Waals surface area contributed by atoms with Crippen molar-refractivity contribution >= 4 is 39.9 Å². The van der Waals surface area contributed by atoms with Crippen LogP contribution < -0.4 is 0 Å². The van der Waals surface area contributed by atoms with Gasteiger partial charge in [0.2, 0.25) is 0 Å². The van der Waals surface area contributed by atoms with Crippen molar-refractivity contribution in [2.75, 3.05) is 0 Å². The quantitative estimate of drug-likeness (QED) is 0.792. The van der Waals surface area contributed by atoms with Gasteiger partial charge in [0.25, 0.3) is 0 Å². The molecule has 0 aliphatic carbocycles. The molecule has 5 heteroatoms. The topological polar surface area (TPSA) is 28.7 Å². The molecule has 0 bridgehead atoms. The lowest BCUT2D eigenvalue weighted by Gasteiger charge is -2.05. The summed E-state index contributed by atoms with van der Waals surface area (Å²) in [5.41, 5.74) is 3.50. The number of hydrogen-bond donors (Lipinski definition) is 1. The van der Waals surface area contributed by atoms with Gasteiger partial charge in [0.1, 0.15) is 10.5 Å². The molecule has 0 radical (unpaired) electrons. The summed E-state index contributed by atoms with van der Waals surface area (Å²) in [4.78, 5) is 7.86. The minimum atomic E-state index is 0.738. The maximum atomic E-state index is 5.34. The summed E-state index contributed by atoms with van der Waals surface area (Å²) < 4.78 is 1.80. The lowest BCUT2D eigenvalue weighted by molar-refractivity contribution is 1.06. The molecule has 0 saturated heterocycles. The molecule has 0 unspecified atom stereocenters. The van der Waals surface area contributed by atoms with E-state index >= 15 is 0 Å². The SMILES string of the molecule is S=c1nc(-c2ccc(Br)cc2)[nH]c2c1CSC2. The molecule has 1 aromatic carbocycles. The highest BCUT2D eigenvalue weighted by Crippen LogP contribution is 2.30. The first kappa shape index (κ1) is 11.4. The van der Waals surface area contributed by atoms with Crippen molar-refractivity contribution in [2.24, 2.45) is 0 Å². The Bertz CT molecular complexity index is 619. The average molecular weight is 325 g/mol. The fourth-order valence-corrected chi connectivity index (χ4v) is 3.53. The molecule has 2 nitrogen and oxygen atoms in total. The fourth-order valence-electron chi connectivity index (χ4n) is 1.82. The summed E-state index contributed by atoms with van der Waals surface area (Å²) in [5.74, 6) is 2.85. The molecule has 1 aliphatic rings. The molecule has 1 aromatic heterocycles. The molecule has 2 heterocycles. The molecular weight excluding hydrogens is 316 g/mol. The summed E-state index contributed by atoms with van der Waals surface area (Å²) in [6.45, 7) is 0. The Balaban J connectivity index is 2.13. The monoisotopic (exact) mass is 324 g/mol. The smallest absolute Gasteiger partial charge is 0.139 e.